The topological polar surface area (TPSA) is 64.6 Å². The van der Waals surface area contributed by atoms with E-state index in [-0.39, 0.29) is 12.1 Å². The molecule has 6 heteroatoms. The van der Waals surface area contributed by atoms with Crippen molar-refractivity contribution in [3.8, 4) is 5.75 Å². The lowest BCUT2D eigenvalue weighted by Gasteiger charge is -2.22. The van der Waals surface area contributed by atoms with Crippen LogP contribution in [0.5, 0.6) is 5.75 Å². The van der Waals surface area contributed by atoms with Gasteiger partial charge >= 0.3 is 14.1 Å². The number of esters is 1. The summed E-state index contributed by atoms with van der Waals surface area (Å²) in [5.74, 6) is 0.149. The number of hydrogen-bond donors (Lipinski definition) is 1. The zero-order valence-electron chi connectivity index (χ0n) is 14.3. The molecule has 132 valence electrons. The summed E-state index contributed by atoms with van der Waals surface area (Å²) in [6.07, 6.45) is 5.21. The maximum Gasteiger partial charge on any atom is 0.664 e. The number of fused-ring (bicyclic) bond motifs is 1. The van der Waals surface area contributed by atoms with Gasteiger partial charge in [0.1, 0.15) is 12.1 Å². The molecule has 1 aliphatic carbocycles. The molecular weight excluding hydrogens is 337 g/mol. The first-order valence-corrected chi connectivity index (χ1v) is 9.91. The molecular formula is C19H23NO4P+. The first kappa shape index (κ1) is 17.8. The second kappa shape index (κ2) is 8.41. The zero-order valence-corrected chi connectivity index (χ0v) is 15.2. The molecule has 25 heavy (non-hydrogen) atoms. The molecule has 2 aromatic rings. The van der Waals surface area contributed by atoms with Crippen LogP contribution in [-0.2, 0) is 14.1 Å². The summed E-state index contributed by atoms with van der Waals surface area (Å²) >= 11 is 0. The molecule has 1 unspecified atom stereocenters. The second-order valence-electron chi connectivity index (χ2n) is 6.37. The maximum absolute atomic E-state index is 12.3. The Kier molecular flexibility index (Phi) is 6.00. The first-order valence-electron chi connectivity index (χ1n) is 8.73. The number of nitrogens with one attached hydrogen (secondary N) is 1. The summed E-state index contributed by atoms with van der Waals surface area (Å²) in [7, 11) is -2.23. The monoisotopic (exact) mass is 360 g/mol. The van der Waals surface area contributed by atoms with Crippen molar-refractivity contribution in [1.82, 2.24) is 5.09 Å². The van der Waals surface area contributed by atoms with E-state index in [1.807, 2.05) is 36.4 Å². The number of ether oxygens (including phenoxy) is 1. The third kappa shape index (κ3) is 4.77. The zero-order chi connectivity index (χ0) is 17.6. The fourth-order valence-electron chi connectivity index (χ4n) is 3.05. The van der Waals surface area contributed by atoms with E-state index in [1.54, 1.807) is 13.0 Å². The van der Waals surface area contributed by atoms with Gasteiger partial charge in [0.15, 0.2) is 5.75 Å². The van der Waals surface area contributed by atoms with Crippen molar-refractivity contribution in [3.63, 3.8) is 0 Å². The second-order valence-corrected chi connectivity index (χ2v) is 7.33. The molecule has 0 saturated heterocycles. The minimum Gasteiger partial charge on any atom is -0.461 e. The quantitative estimate of drug-likeness (QED) is 0.596. The largest absolute Gasteiger partial charge is 0.664 e. The molecule has 0 heterocycles. The van der Waals surface area contributed by atoms with E-state index >= 15 is 0 Å². The summed E-state index contributed by atoms with van der Waals surface area (Å²) < 4.78 is 23.3. The van der Waals surface area contributed by atoms with Crippen LogP contribution >= 0.6 is 8.18 Å². The van der Waals surface area contributed by atoms with Gasteiger partial charge in [-0.3, -0.25) is 4.79 Å². The van der Waals surface area contributed by atoms with Gasteiger partial charge < -0.3 is 4.74 Å². The Bertz CT molecular complexity index is 753. The highest BCUT2D eigenvalue weighted by atomic mass is 31.1. The molecule has 0 bridgehead atoms. The van der Waals surface area contributed by atoms with E-state index in [1.165, 1.54) is 6.42 Å². The molecule has 1 aliphatic rings. The highest BCUT2D eigenvalue weighted by Crippen LogP contribution is 2.31. The Hall–Kier alpha value is -1.97. The van der Waals surface area contributed by atoms with Gasteiger partial charge in [-0.25, -0.2) is 4.52 Å². The van der Waals surface area contributed by atoms with Crippen LogP contribution in [0.15, 0.2) is 42.5 Å². The fraction of sp³-hybridized carbons (Fsp3) is 0.421. The van der Waals surface area contributed by atoms with Crippen LogP contribution in [0.3, 0.4) is 0 Å². The Labute approximate surface area is 148 Å². The molecule has 0 aliphatic heterocycles. The van der Waals surface area contributed by atoms with Crippen LogP contribution in [0.25, 0.3) is 10.8 Å². The van der Waals surface area contributed by atoms with Crippen molar-refractivity contribution in [2.75, 3.05) is 0 Å². The Morgan fingerprint density at radius 3 is 2.64 bits per heavy atom. The fourth-order valence-corrected chi connectivity index (χ4v) is 3.86. The van der Waals surface area contributed by atoms with E-state index < -0.39 is 14.2 Å². The lowest BCUT2D eigenvalue weighted by molar-refractivity contribution is -0.152. The Balaban J connectivity index is 1.56. The van der Waals surface area contributed by atoms with Gasteiger partial charge in [-0.05, 0) is 44.1 Å². The molecule has 3 rings (SSSR count). The molecule has 0 amide bonds. The number of benzene rings is 2. The molecule has 0 aromatic heterocycles. The predicted octanol–water partition coefficient (Wildman–Crippen LogP) is 4.73. The maximum atomic E-state index is 12.3. The van der Waals surface area contributed by atoms with Gasteiger partial charge in [-0.2, -0.15) is 0 Å². The third-order valence-corrected chi connectivity index (χ3v) is 5.38. The van der Waals surface area contributed by atoms with Gasteiger partial charge in [0, 0.05) is 9.95 Å². The number of rotatable bonds is 6. The minimum absolute atomic E-state index is 0.0117. The summed E-state index contributed by atoms with van der Waals surface area (Å²) in [4.78, 5) is 12.1. The average Bonchev–Trinajstić information content (AvgIpc) is 2.63. The number of carbonyl (C=O) groups excluding carboxylic acids is 1. The van der Waals surface area contributed by atoms with Crippen LogP contribution in [0.4, 0.5) is 0 Å². The smallest absolute Gasteiger partial charge is 0.461 e. The average molecular weight is 360 g/mol. The van der Waals surface area contributed by atoms with Crippen LogP contribution in [-0.4, -0.2) is 18.1 Å². The van der Waals surface area contributed by atoms with Crippen LogP contribution in [0.1, 0.15) is 39.0 Å². The van der Waals surface area contributed by atoms with E-state index in [9.17, 15) is 9.36 Å². The van der Waals surface area contributed by atoms with Gasteiger partial charge in [0.2, 0.25) is 0 Å². The highest BCUT2D eigenvalue weighted by Gasteiger charge is 2.30. The SMILES string of the molecule is C[C@H](N[P+](=O)Oc1cccc2ccccc12)C(=O)OC1CCCCC1. The van der Waals surface area contributed by atoms with Gasteiger partial charge in [0.25, 0.3) is 0 Å². The molecule has 5 nitrogen and oxygen atoms in total. The lowest BCUT2D eigenvalue weighted by atomic mass is 9.98. The van der Waals surface area contributed by atoms with Crippen molar-refractivity contribution < 1.29 is 18.6 Å². The van der Waals surface area contributed by atoms with E-state index in [2.05, 4.69) is 5.09 Å². The summed E-state index contributed by atoms with van der Waals surface area (Å²) in [6.45, 7) is 1.64. The van der Waals surface area contributed by atoms with Gasteiger partial charge in [-0.15, -0.1) is 0 Å². The molecule has 2 aromatic carbocycles. The van der Waals surface area contributed by atoms with E-state index in [0.717, 1.165) is 36.5 Å². The third-order valence-electron chi connectivity index (χ3n) is 4.42. The van der Waals surface area contributed by atoms with E-state index in [4.69, 9.17) is 9.26 Å². The molecule has 2 atom stereocenters. The summed E-state index contributed by atoms with van der Waals surface area (Å²) in [5.41, 5.74) is 0. The number of carbonyl (C=O) groups is 1. The van der Waals surface area contributed by atoms with E-state index in [0.29, 0.717) is 5.75 Å². The van der Waals surface area contributed by atoms with Crippen LogP contribution in [0.2, 0.25) is 0 Å². The van der Waals surface area contributed by atoms with Gasteiger partial charge in [0.05, 0.1) is 0 Å². The highest BCUT2D eigenvalue weighted by molar-refractivity contribution is 7.37. The Morgan fingerprint density at radius 1 is 1.12 bits per heavy atom. The molecule has 1 N–H and O–H groups in total. The van der Waals surface area contributed by atoms with Gasteiger partial charge in [-0.1, -0.05) is 47.9 Å². The van der Waals surface area contributed by atoms with Crippen molar-refractivity contribution in [2.45, 2.75) is 51.2 Å². The Morgan fingerprint density at radius 2 is 1.84 bits per heavy atom. The van der Waals surface area contributed by atoms with Crippen molar-refractivity contribution in [2.24, 2.45) is 0 Å². The summed E-state index contributed by atoms with van der Waals surface area (Å²) in [6, 6.07) is 12.6. The van der Waals surface area contributed by atoms with Crippen molar-refractivity contribution >= 4 is 24.9 Å². The first-order chi connectivity index (χ1) is 12.1. The van der Waals surface area contributed by atoms with Crippen LogP contribution in [0, 0.1) is 0 Å². The normalized spacial score (nSPS) is 17.1. The summed E-state index contributed by atoms with van der Waals surface area (Å²) in [5, 5.41) is 4.58. The minimum atomic E-state index is -2.23. The van der Waals surface area contributed by atoms with Crippen molar-refractivity contribution in [1.29, 1.82) is 0 Å². The van der Waals surface area contributed by atoms with Crippen molar-refractivity contribution in [3.05, 3.63) is 42.5 Å². The standard InChI is InChI=1S/C19H23NO4P/c1-14(19(21)23-16-10-3-2-4-11-16)20-25(22)24-18-13-7-9-15-8-5-6-12-17(15)18/h5-9,12-14,16H,2-4,10-11H2,1H3,(H,20,22)/q+1/t14-/m0/s1. The number of hydrogen-bond acceptors (Lipinski definition) is 4. The van der Waals surface area contributed by atoms with Crippen LogP contribution < -0.4 is 9.61 Å². The molecule has 0 spiro atoms. The molecule has 1 saturated carbocycles. The predicted molar refractivity (Wildman–Crippen MR) is 97.7 cm³/mol. The molecule has 1 fully saturated rings. The molecule has 0 radical (unpaired) electrons. The lowest BCUT2D eigenvalue weighted by Crippen LogP contribution is -2.34.